The Balaban J connectivity index is 1.72. The third-order valence-corrected chi connectivity index (χ3v) is 3.33. The Morgan fingerprint density at radius 2 is 1.52 bits per heavy atom. The number of benzene rings is 2. The highest BCUT2D eigenvalue weighted by Crippen LogP contribution is 2.18. The minimum atomic E-state index is -0.207. The highest BCUT2D eigenvalue weighted by atomic mass is 16.5. The number of hydrogen-bond donors (Lipinski definition) is 1. The summed E-state index contributed by atoms with van der Waals surface area (Å²) >= 11 is 0. The Kier molecular flexibility index (Phi) is 4.29. The van der Waals surface area contributed by atoms with Crippen LogP contribution in [0.1, 0.15) is 26.3 Å². The van der Waals surface area contributed by atoms with E-state index in [-0.39, 0.29) is 24.1 Å². The number of carbonyl (C=O) groups is 2. The van der Waals surface area contributed by atoms with Crippen LogP contribution in [-0.2, 0) is 0 Å². The van der Waals surface area contributed by atoms with Crippen LogP contribution in [0.4, 0.5) is 0 Å². The molecular formula is C18H14N2O3. The van der Waals surface area contributed by atoms with Crippen molar-refractivity contribution in [3.8, 4) is 5.88 Å². The summed E-state index contributed by atoms with van der Waals surface area (Å²) in [5.41, 5.74) is 1.40. The first kappa shape index (κ1) is 14.7. The lowest BCUT2D eigenvalue weighted by atomic mass is 10.1. The predicted molar refractivity (Wildman–Crippen MR) is 84.7 cm³/mol. The number of carbonyl (C=O) groups excluding carboxylic acids is 2. The summed E-state index contributed by atoms with van der Waals surface area (Å²) in [5.74, 6) is -0.178. The summed E-state index contributed by atoms with van der Waals surface area (Å²) in [6.45, 7) is -0.165. The highest BCUT2D eigenvalue weighted by molar-refractivity contribution is 6.10. The van der Waals surface area contributed by atoms with Gasteiger partial charge in [0.1, 0.15) is 5.56 Å². The molecule has 23 heavy (non-hydrogen) atoms. The van der Waals surface area contributed by atoms with Crippen molar-refractivity contribution in [2.45, 2.75) is 0 Å². The van der Waals surface area contributed by atoms with Crippen LogP contribution in [-0.4, -0.2) is 28.4 Å². The van der Waals surface area contributed by atoms with Crippen LogP contribution in [0, 0.1) is 0 Å². The molecule has 0 aliphatic carbocycles. The first-order valence-electron chi connectivity index (χ1n) is 7.10. The maximum absolute atomic E-state index is 12.4. The molecule has 5 nitrogen and oxygen atoms in total. The fraction of sp³-hybridized carbons (Fsp3) is 0.0556. The third-order valence-electron chi connectivity index (χ3n) is 3.33. The maximum atomic E-state index is 12.4. The number of nitrogens with zero attached hydrogens (tertiary/aromatic N) is 1. The molecule has 0 unspecified atom stereocenters. The molecule has 5 heteroatoms. The summed E-state index contributed by atoms with van der Waals surface area (Å²) in [7, 11) is 0. The van der Waals surface area contributed by atoms with Gasteiger partial charge in [0.05, 0.1) is 6.20 Å². The number of rotatable bonds is 6. The van der Waals surface area contributed by atoms with Crippen molar-refractivity contribution in [1.29, 1.82) is 0 Å². The van der Waals surface area contributed by atoms with E-state index < -0.39 is 0 Å². The number of H-pyrrole nitrogens is 1. The van der Waals surface area contributed by atoms with Gasteiger partial charge in [-0.3, -0.25) is 9.59 Å². The molecule has 1 N–H and O–H groups in total. The van der Waals surface area contributed by atoms with E-state index in [1.165, 1.54) is 6.20 Å². The largest absolute Gasteiger partial charge is 0.469 e. The predicted octanol–water partition coefficient (Wildman–Crippen LogP) is 2.90. The van der Waals surface area contributed by atoms with Crippen molar-refractivity contribution >= 4 is 11.6 Å². The fourth-order valence-electron chi connectivity index (χ4n) is 2.14. The Bertz CT molecular complexity index is 811. The van der Waals surface area contributed by atoms with E-state index in [4.69, 9.17) is 4.74 Å². The molecule has 0 radical (unpaired) electrons. The summed E-state index contributed by atoms with van der Waals surface area (Å²) in [6, 6.07) is 17.7. The van der Waals surface area contributed by atoms with Gasteiger partial charge in [-0.25, -0.2) is 5.10 Å². The number of Topliss-reactive ketones (excluding diaryl/α,β-unsaturated/α-hetero) is 1. The van der Waals surface area contributed by atoms with Crippen LogP contribution in [0.15, 0.2) is 66.9 Å². The first-order valence-corrected chi connectivity index (χ1v) is 7.10. The van der Waals surface area contributed by atoms with Gasteiger partial charge in [-0.1, -0.05) is 60.7 Å². The van der Waals surface area contributed by atoms with Crippen LogP contribution < -0.4 is 4.74 Å². The molecule has 1 heterocycles. The number of ketones is 2. The lowest BCUT2D eigenvalue weighted by molar-refractivity contribution is 0.0911. The lowest BCUT2D eigenvalue weighted by Gasteiger charge is -2.05. The van der Waals surface area contributed by atoms with Crippen LogP contribution in [0.2, 0.25) is 0 Å². The second-order valence-corrected chi connectivity index (χ2v) is 4.89. The Hall–Kier alpha value is -3.21. The smallest absolute Gasteiger partial charge is 0.221 e. The zero-order chi connectivity index (χ0) is 16.1. The standard InChI is InChI=1S/C18H14N2O3/c21-16(13-7-3-1-4-8-13)12-23-18-15(11-19-20-18)17(22)14-9-5-2-6-10-14/h1-11H,12H2,(H,19,20). The van der Waals surface area contributed by atoms with Gasteiger partial charge in [0.15, 0.2) is 18.2 Å². The van der Waals surface area contributed by atoms with E-state index in [9.17, 15) is 9.59 Å². The van der Waals surface area contributed by atoms with E-state index >= 15 is 0 Å². The van der Waals surface area contributed by atoms with E-state index in [2.05, 4.69) is 10.2 Å². The molecule has 0 aliphatic heterocycles. The minimum Gasteiger partial charge on any atom is -0.469 e. The van der Waals surface area contributed by atoms with Crippen molar-refractivity contribution in [1.82, 2.24) is 10.2 Å². The normalized spacial score (nSPS) is 10.3. The van der Waals surface area contributed by atoms with Crippen molar-refractivity contribution < 1.29 is 14.3 Å². The first-order chi connectivity index (χ1) is 11.3. The van der Waals surface area contributed by atoms with Gasteiger partial charge in [0, 0.05) is 11.1 Å². The van der Waals surface area contributed by atoms with Crippen molar-refractivity contribution in [2.75, 3.05) is 6.61 Å². The molecule has 0 saturated carbocycles. The molecule has 0 aliphatic rings. The number of hydrogen-bond acceptors (Lipinski definition) is 4. The van der Waals surface area contributed by atoms with Gasteiger partial charge < -0.3 is 4.74 Å². The topological polar surface area (TPSA) is 72.1 Å². The molecular weight excluding hydrogens is 292 g/mol. The van der Waals surface area contributed by atoms with Crippen LogP contribution in [0.3, 0.4) is 0 Å². The van der Waals surface area contributed by atoms with Crippen molar-refractivity contribution in [3.63, 3.8) is 0 Å². The number of aromatic amines is 1. The molecule has 0 spiro atoms. The molecule has 3 rings (SSSR count). The van der Waals surface area contributed by atoms with Crippen LogP contribution in [0.25, 0.3) is 0 Å². The van der Waals surface area contributed by atoms with Gasteiger partial charge in [-0.05, 0) is 0 Å². The average molecular weight is 306 g/mol. The SMILES string of the molecule is O=C(COc1[nH]ncc1C(=O)c1ccccc1)c1ccccc1. The quantitative estimate of drug-likeness (QED) is 0.711. The zero-order valence-corrected chi connectivity index (χ0v) is 12.2. The molecule has 3 aromatic rings. The molecule has 0 atom stereocenters. The second-order valence-electron chi connectivity index (χ2n) is 4.89. The minimum absolute atomic E-state index is 0.165. The Labute approximate surface area is 132 Å². The Morgan fingerprint density at radius 1 is 0.913 bits per heavy atom. The van der Waals surface area contributed by atoms with Gasteiger partial charge in [-0.15, -0.1) is 0 Å². The number of ether oxygens (including phenoxy) is 1. The van der Waals surface area contributed by atoms with E-state index in [0.717, 1.165) is 0 Å². The average Bonchev–Trinajstić information content (AvgIpc) is 3.09. The highest BCUT2D eigenvalue weighted by Gasteiger charge is 2.18. The third kappa shape index (κ3) is 3.35. The number of aromatic nitrogens is 2. The Morgan fingerprint density at radius 3 is 2.17 bits per heavy atom. The maximum Gasteiger partial charge on any atom is 0.221 e. The van der Waals surface area contributed by atoms with Gasteiger partial charge >= 0.3 is 0 Å². The number of nitrogens with one attached hydrogen (secondary N) is 1. The van der Waals surface area contributed by atoms with E-state index in [0.29, 0.717) is 16.7 Å². The van der Waals surface area contributed by atoms with Gasteiger partial charge in [0.2, 0.25) is 5.88 Å². The fourth-order valence-corrected chi connectivity index (χ4v) is 2.14. The van der Waals surface area contributed by atoms with Crippen LogP contribution in [0.5, 0.6) is 5.88 Å². The van der Waals surface area contributed by atoms with Crippen LogP contribution >= 0.6 is 0 Å². The molecule has 0 saturated heterocycles. The monoisotopic (exact) mass is 306 g/mol. The molecule has 0 amide bonds. The van der Waals surface area contributed by atoms with Gasteiger partial charge in [-0.2, -0.15) is 5.10 Å². The lowest BCUT2D eigenvalue weighted by Crippen LogP contribution is -2.13. The molecule has 2 aromatic carbocycles. The van der Waals surface area contributed by atoms with E-state index in [1.54, 1.807) is 48.5 Å². The van der Waals surface area contributed by atoms with Crippen molar-refractivity contribution in [3.05, 3.63) is 83.6 Å². The van der Waals surface area contributed by atoms with Crippen molar-refractivity contribution in [2.24, 2.45) is 0 Å². The summed E-state index contributed by atoms with van der Waals surface area (Å²) in [4.78, 5) is 24.5. The summed E-state index contributed by atoms with van der Waals surface area (Å²) in [6.07, 6.45) is 1.40. The van der Waals surface area contributed by atoms with E-state index in [1.807, 2.05) is 12.1 Å². The molecule has 114 valence electrons. The summed E-state index contributed by atoms with van der Waals surface area (Å²) in [5, 5.41) is 6.46. The molecule has 1 aromatic heterocycles. The summed E-state index contributed by atoms with van der Waals surface area (Å²) < 4.78 is 5.45. The zero-order valence-electron chi connectivity index (χ0n) is 12.2. The molecule has 0 bridgehead atoms. The second kappa shape index (κ2) is 6.70. The molecule has 0 fully saturated rings. The van der Waals surface area contributed by atoms with Gasteiger partial charge in [0.25, 0.3) is 0 Å².